The second kappa shape index (κ2) is 7.61. The summed E-state index contributed by atoms with van der Waals surface area (Å²) in [4.78, 5) is 4.45. The van der Waals surface area contributed by atoms with E-state index in [1.165, 1.54) is 0 Å². The summed E-state index contributed by atoms with van der Waals surface area (Å²) in [7, 11) is 3.25. The van der Waals surface area contributed by atoms with Crippen LogP contribution in [0.1, 0.15) is 0 Å². The predicted molar refractivity (Wildman–Crippen MR) is 89.1 cm³/mol. The van der Waals surface area contributed by atoms with Gasteiger partial charge in [0.1, 0.15) is 18.1 Å². The molecule has 6 nitrogen and oxygen atoms in total. The second-order valence-electron chi connectivity index (χ2n) is 4.99. The minimum absolute atomic E-state index is 0.419. The van der Waals surface area contributed by atoms with Crippen LogP contribution in [0.2, 0.25) is 0 Å². The molecule has 0 aliphatic heterocycles. The molecule has 0 spiro atoms. The van der Waals surface area contributed by atoms with Crippen LogP contribution in [0.15, 0.2) is 53.1 Å². The lowest BCUT2D eigenvalue weighted by Crippen LogP contribution is -2.03. The van der Waals surface area contributed by atoms with Crippen LogP contribution in [0.3, 0.4) is 0 Å². The van der Waals surface area contributed by atoms with E-state index in [-0.39, 0.29) is 0 Å². The zero-order valence-corrected chi connectivity index (χ0v) is 13.6. The highest BCUT2D eigenvalue weighted by Gasteiger charge is 2.14. The zero-order chi connectivity index (χ0) is 16.8. The number of benzene rings is 2. The van der Waals surface area contributed by atoms with Gasteiger partial charge in [0.05, 0.1) is 19.3 Å². The summed E-state index contributed by atoms with van der Waals surface area (Å²) < 4.78 is 21.2. The normalized spacial score (nSPS) is 10.6. The minimum atomic E-state index is 0.419. The topological polar surface area (TPSA) is 66.6 Å². The smallest absolute Gasteiger partial charge is 0.262 e. The van der Waals surface area contributed by atoms with Crippen LogP contribution in [-0.4, -0.2) is 37.6 Å². The predicted octanol–water partition coefficient (Wildman–Crippen LogP) is 3.44. The number of aromatic nitrogens is 2. The Labute approximate surface area is 140 Å². The molecule has 2 aromatic carbocycles. The Morgan fingerprint density at radius 2 is 1.75 bits per heavy atom. The molecule has 0 saturated heterocycles. The van der Waals surface area contributed by atoms with Crippen LogP contribution < -0.4 is 9.47 Å². The molecular formula is C18H18N2O4. The molecule has 0 aliphatic carbocycles. The number of ether oxygens (including phenoxy) is 3. The van der Waals surface area contributed by atoms with Crippen LogP contribution in [0.4, 0.5) is 0 Å². The van der Waals surface area contributed by atoms with E-state index in [2.05, 4.69) is 10.1 Å². The highest BCUT2D eigenvalue weighted by molar-refractivity contribution is 5.65. The third-order valence-electron chi connectivity index (χ3n) is 3.43. The molecule has 6 heteroatoms. The van der Waals surface area contributed by atoms with Crippen molar-refractivity contribution in [3.8, 4) is 34.3 Å². The molecule has 24 heavy (non-hydrogen) atoms. The van der Waals surface area contributed by atoms with Gasteiger partial charge in [-0.1, -0.05) is 17.3 Å². The van der Waals surface area contributed by atoms with E-state index in [9.17, 15) is 0 Å². The average Bonchev–Trinajstić information content (AvgIpc) is 3.12. The quantitative estimate of drug-likeness (QED) is 0.620. The van der Waals surface area contributed by atoms with Gasteiger partial charge in [-0.15, -0.1) is 0 Å². The lowest BCUT2D eigenvalue weighted by molar-refractivity contribution is 0.146. The van der Waals surface area contributed by atoms with Gasteiger partial charge in [0, 0.05) is 12.7 Å². The van der Waals surface area contributed by atoms with Crippen LogP contribution in [0.5, 0.6) is 11.5 Å². The Balaban J connectivity index is 1.78. The number of para-hydroxylation sites is 1. The van der Waals surface area contributed by atoms with Gasteiger partial charge < -0.3 is 18.7 Å². The highest BCUT2D eigenvalue weighted by Crippen LogP contribution is 2.30. The van der Waals surface area contributed by atoms with E-state index < -0.39 is 0 Å². The Morgan fingerprint density at radius 1 is 0.958 bits per heavy atom. The van der Waals surface area contributed by atoms with Crippen LogP contribution in [-0.2, 0) is 4.74 Å². The third-order valence-corrected chi connectivity index (χ3v) is 3.43. The molecule has 0 N–H and O–H groups in total. The molecule has 1 aromatic heterocycles. The number of methoxy groups -OCH3 is 2. The highest BCUT2D eigenvalue weighted by atomic mass is 16.5. The Bertz CT molecular complexity index is 784. The Kier molecular flexibility index (Phi) is 5.08. The zero-order valence-electron chi connectivity index (χ0n) is 13.6. The molecule has 1 heterocycles. The summed E-state index contributed by atoms with van der Waals surface area (Å²) in [6.45, 7) is 1.06. The van der Waals surface area contributed by atoms with Gasteiger partial charge in [0.25, 0.3) is 5.89 Å². The van der Waals surface area contributed by atoms with Crippen molar-refractivity contribution in [3.63, 3.8) is 0 Å². The molecule has 0 atom stereocenters. The number of hydrogen-bond acceptors (Lipinski definition) is 6. The second-order valence-corrected chi connectivity index (χ2v) is 4.99. The first kappa shape index (κ1) is 16.0. The van der Waals surface area contributed by atoms with Crippen molar-refractivity contribution in [1.82, 2.24) is 10.1 Å². The molecule has 0 aliphatic rings. The van der Waals surface area contributed by atoms with Crippen LogP contribution in [0, 0.1) is 0 Å². The molecule has 124 valence electrons. The van der Waals surface area contributed by atoms with E-state index in [0.717, 1.165) is 16.9 Å². The summed E-state index contributed by atoms with van der Waals surface area (Å²) in [6.07, 6.45) is 0. The Hall–Kier alpha value is -2.86. The standard InChI is InChI=1S/C18H18N2O4/c1-21-11-12-23-14-9-7-13(8-10-14)17-19-18(24-20-17)15-5-3-4-6-16(15)22-2/h3-10H,11-12H2,1-2H3. The van der Waals surface area contributed by atoms with Crippen molar-refractivity contribution in [2.45, 2.75) is 0 Å². The summed E-state index contributed by atoms with van der Waals surface area (Å²) >= 11 is 0. The molecule has 0 amide bonds. The number of rotatable bonds is 7. The third kappa shape index (κ3) is 3.55. The van der Waals surface area contributed by atoms with Crippen molar-refractivity contribution in [3.05, 3.63) is 48.5 Å². The molecule has 3 rings (SSSR count). The molecule has 0 unspecified atom stereocenters. The van der Waals surface area contributed by atoms with Crippen LogP contribution >= 0.6 is 0 Å². The SMILES string of the molecule is COCCOc1ccc(-c2noc(-c3ccccc3OC)n2)cc1. The maximum absolute atomic E-state index is 5.54. The molecular weight excluding hydrogens is 308 g/mol. The maximum Gasteiger partial charge on any atom is 0.262 e. The molecule has 0 saturated carbocycles. The largest absolute Gasteiger partial charge is 0.496 e. The van der Waals surface area contributed by atoms with Gasteiger partial charge in [-0.05, 0) is 36.4 Å². The van der Waals surface area contributed by atoms with Crippen molar-refractivity contribution in [2.24, 2.45) is 0 Å². The van der Waals surface area contributed by atoms with Crippen molar-refractivity contribution >= 4 is 0 Å². The number of nitrogens with zero attached hydrogens (tertiary/aromatic N) is 2. The Morgan fingerprint density at radius 3 is 2.50 bits per heavy atom. The van der Waals surface area contributed by atoms with E-state index in [1.54, 1.807) is 14.2 Å². The lowest BCUT2D eigenvalue weighted by Gasteiger charge is -2.05. The summed E-state index contributed by atoms with van der Waals surface area (Å²) in [5.74, 6) is 2.39. The molecule has 0 radical (unpaired) electrons. The summed E-state index contributed by atoms with van der Waals surface area (Å²) in [5, 5.41) is 4.04. The molecule has 0 bridgehead atoms. The van der Waals surface area contributed by atoms with Gasteiger partial charge in [0.15, 0.2) is 0 Å². The minimum Gasteiger partial charge on any atom is -0.496 e. The fourth-order valence-electron chi connectivity index (χ4n) is 2.21. The first-order chi connectivity index (χ1) is 11.8. The summed E-state index contributed by atoms with van der Waals surface area (Å²) in [6, 6.07) is 15.0. The molecule has 3 aromatic rings. The molecule has 0 fully saturated rings. The van der Waals surface area contributed by atoms with Crippen LogP contribution in [0.25, 0.3) is 22.8 Å². The van der Waals surface area contributed by atoms with Gasteiger partial charge in [-0.3, -0.25) is 0 Å². The van der Waals surface area contributed by atoms with E-state index in [4.69, 9.17) is 18.7 Å². The van der Waals surface area contributed by atoms with Gasteiger partial charge in [-0.2, -0.15) is 4.98 Å². The first-order valence-electron chi connectivity index (χ1n) is 7.51. The first-order valence-corrected chi connectivity index (χ1v) is 7.51. The lowest BCUT2D eigenvalue weighted by atomic mass is 10.2. The fourth-order valence-corrected chi connectivity index (χ4v) is 2.21. The number of hydrogen-bond donors (Lipinski definition) is 0. The fraction of sp³-hybridized carbons (Fsp3) is 0.222. The van der Waals surface area contributed by atoms with Crippen molar-refractivity contribution in [2.75, 3.05) is 27.4 Å². The van der Waals surface area contributed by atoms with Gasteiger partial charge >= 0.3 is 0 Å². The maximum atomic E-state index is 5.54. The average molecular weight is 326 g/mol. The van der Waals surface area contributed by atoms with Gasteiger partial charge in [-0.25, -0.2) is 0 Å². The van der Waals surface area contributed by atoms with Crippen molar-refractivity contribution < 1.29 is 18.7 Å². The van der Waals surface area contributed by atoms with E-state index >= 15 is 0 Å². The monoisotopic (exact) mass is 326 g/mol. The summed E-state index contributed by atoms with van der Waals surface area (Å²) in [5.41, 5.74) is 1.61. The van der Waals surface area contributed by atoms with Gasteiger partial charge in [0.2, 0.25) is 5.82 Å². The van der Waals surface area contributed by atoms with E-state index in [0.29, 0.717) is 30.7 Å². The van der Waals surface area contributed by atoms with Crippen molar-refractivity contribution in [1.29, 1.82) is 0 Å². The van der Waals surface area contributed by atoms with E-state index in [1.807, 2.05) is 48.5 Å².